The molecule has 2 rings (SSSR count). The van der Waals surface area contributed by atoms with E-state index in [1.54, 1.807) is 41.8 Å². The van der Waals surface area contributed by atoms with Crippen molar-refractivity contribution in [2.45, 2.75) is 10.3 Å². The fraction of sp³-hybridized carbons (Fsp3) is 0.0833. The maximum Gasteiger partial charge on any atom is 0.251 e. The minimum Gasteiger partial charge on any atom is -0.368 e. The molecule has 0 fully saturated rings. The fourth-order valence-corrected chi connectivity index (χ4v) is 3.77. The summed E-state index contributed by atoms with van der Waals surface area (Å²) in [6.45, 7) is 0. The van der Waals surface area contributed by atoms with Crippen molar-refractivity contribution >= 4 is 27.3 Å². The van der Waals surface area contributed by atoms with Gasteiger partial charge in [0.05, 0.1) is 0 Å². The molecule has 0 spiro atoms. The van der Waals surface area contributed by atoms with Crippen LogP contribution in [0.2, 0.25) is 0 Å². The Balaban J connectivity index is 2.31. The summed E-state index contributed by atoms with van der Waals surface area (Å²) < 4.78 is 26.6. The number of nitrogens with two attached hydrogens (primary N) is 1. The Kier molecular flexibility index (Phi) is 3.98. The third-order valence-electron chi connectivity index (χ3n) is 2.45. The predicted molar refractivity (Wildman–Crippen MR) is 73.0 cm³/mol. The highest BCUT2D eigenvalue weighted by Crippen LogP contribution is 2.20. The zero-order chi connectivity index (χ0) is 13.9. The lowest BCUT2D eigenvalue weighted by molar-refractivity contribution is -0.119. The summed E-state index contributed by atoms with van der Waals surface area (Å²) in [5, 5.41) is 1.65. The lowest BCUT2D eigenvalue weighted by Crippen LogP contribution is -2.37. The lowest BCUT2D eigenvalue weighted by Gasteiger charge is -2.15. The van der Waals surface area contributed by atoms with Crippen LogP contribution in [0.25, 0.3) is 0 Å². The van der Waals surface area contributed by atoms with Crippen LogP contribution in [-0.4, -0.2) is 14.3 Å². The summed E-state index contributed by atoms with van der Waals surface area (Å²) in [7, 11) is -3.74. The molecule has 1 atom stereocenters. The third-order valence-corrected chi connectivity index (χ3v) is 5.27. The number of amides is 1. The Morgan fingerprint density at radius 3 is 2.37 bits per heavy atom. The van der Waals surface area contributed by atoms with E-state index in [2.05, 4.69) is 4.72 Å². The minimum atomic E-state index is -3.74. The summed E-state index contributed by atoms with van der Waals surface area (Å²) in [4.78, 5) is 11.4. The molecule has 1 amide bonds. The van der Waals surface area contributed by atoms with Crippen LogP contribution in [0.4, 0.5) is 0 Å². The number of hydrogen-bond donors (Lipinski definition) is 2. The smallest absolute Gasteiger partial charge is 0.251 e. The third kappa shape index (κ3) is 3.19. The molecule has 0 aliphatic carbocycles. The van der Waals surface area contributed by atoms with E-state index in [9.17, 15) is 13.2 Å². The standard InChI is InChI=1S/C12H12N2O3S2/c13-12(15)11(9-5-2-1-3-6-9)14-19(16,17)10-7-4-8-18-10/h1-8,11,14H,(H2,13,15). The molecule has 19 heavy (non-hydrogen) atoms. The number of sulfonamides is 1. The van der Waals surface area contributed by atoms with Crippen LogP contribution in [-0.2, 0) is 14.8 Å². The Hall–Kier alpha value is -1.70. The summed E-state index contributed by atoms with van der Waals surface area (Å²) in [5.41, 5.74) is 5.78. The average molecular weight is 296 g/mol. The van der Waals surface area contributed by atoms with Gasteiger partial charge in [-0.3, -0.25) is 4.79 Å². The summed E-state index contributed by atoms with van der Waals surface area (Å²) in [6, 6.07) is 10.5. The molecule has 0 saturated carbocycles. The van der Waals surface area contributed by atoms with Crippen LogP contribution in [0.1, 0.15) is 11.6 Å². The first kappa shape index (κ1) is 13.7. The quantitative estimate of drug-likeness (QED) is 0.870. The highest BCUT2D eigenvalue weighted by atomic mass is 32.2. The van der Waals surface area contributed by atoms with Gasteiger partial charge in [-0.25, -0.2) is 8.42 Å². The first-order valence-corrected chi connectivity index (χ1v) is 7.77. The van der Waals surface area contributed by atoms with Crippen molar-refractivity contribution in [2.24, 2.45) is 5.73 Å². The molecule has 0 radical (unpaired) electrons. The molecule has 5 nitrogen and oxygen atoms in total. The van der Waals surface area contributed by atoms with Crippen LogP contribution < -0.4 is 10.5 Å². The summed E-state index contributed by atoms with van der Waals surface area (Å²) in [5.74, 6) is -0.744. The van der Waals surface area contributed by atoms with Gasteiger partial charge in [0.25, 0.3) is 10.0 Å². The molecule has 3 N–H and O–H groups in total. The molecule has 1 heterocycles. The van der Waals surface area contributed by atoms with Crippen molar-refractivity contribution < 1.29 is 13.2 Å². The van der Waals surface area contributed by atoms with Gasteiger partial charge in [-0.05, 0) is 17.0 Å². The van der Waals surface area contributed by atoms with E-state index in [0.717, 1.165) is 11.3 Å². The van der Waals surface area contributed by atoms with Crippen molar-refractivity contribution in [3.63, 3.8) is 0 Å². The fourth-order valence-electron chi connectivity index (χ4n) is 1.57. The second-order valence-electron chi connectivity index (χ2n) is 3.80. The van der Waals surface area contributed by atoms with Crippen molar-refractivity contribution in [2.75, 3.05) is 0 Å². The molecular formula is C12H12N2O3S2. The number of thiophene rings is 1. The first-order valence-electron chi connectivity index (χ1n) is 5.41. The molecule has 0 saturated heterocycles. The van der Waals surface area contributed by atoms with E-state index in [-0.39, 0.29) is 4.21 Å². The van der Waals surface area contributed by atoms with Crippen molar-refractivity contribution in [3.05, 3.63) is 53.4 Å². The zero-order valence-corrected chi connectivity index (χ0v) is 11.4. The van der Waals surface area contributed by atoms with Crippen LogP contribution >= 0.6 is 11.3 Å². The van der Waals surface area contributed by atoms with E-state index >= 15 is 0 Å². The second kappa shape index (κ2) is 5.52. The van der Waals surface area contributed by atoms with Crippen LogP contribution in [0.3, 0.4) is 0 Å². The molecule has 0 aliphatic heterocycles. The van der Waals surface area contributed by atoms with Crippen molar-refractivity contribution in [1.29, 1.82) is 0 Å². The highest BCUT2D eigenvalue weighted by Gasteiger charge is 2.25. The number of primary amides is 1. The van der Waals surface area contributed by atoms with Crippen LogP contribution in [0, 0.1) is 0 Å². The Bertz CT molecular complexity index is 652. The number of carbonyl (C=O) groups is 1. The van der Waals surface area contributed by atoms with Gasteiger partial charge in [0, 0.05) is 0 Å². The minimum absolute atomic E-state index is 0.148. The van der Waals surface area contributed by atoms with Gasteiger partial charge in [0.2, 0.25) is 5.91 Å². The molecule has 1 unspecified atom stereocenters. The first-order chi connectivity index (χ1) is 9.00. The van der Waals surface area contributed by atoms with Gasteiger partial charge in [0.1, 0.15) is 10.3 Å². The van der Waals surface area contributed by atoms with Crippen LogP contribution in [0.15, 0.2) is 52.1 Å². The number of nitrogens with one attached hydrogen (secondary N) is 1. The van der Waals surface area contributed by atoms with Crippen molar-refractivity contribution in [3.8, 4) is 0 Å². The van der Waals surface area contributed by atoms with E-state index in [4.69, 9.17) is 5.73 Å². The molecule has 7 heteroatoms. The van der Waals surface area contributed by atoms with Gasteiger partial charge >= 0.3 is 0 Å². The lowest BCUT2D eigenvalue weighted by atomic mass is 10.1. The molecular weight excluding hydrogens is 284 g/mol. The normalized spacial score (nSPS) is 13.1. The second-order valence-corrected chi connectivity index (χ2v) is 6.69. The number of rotatable bonds is 5. The Labute approximate surface area is 115 Å². The molecule has 100 valence electrons. The topological polar surface area (TPSA) is 89.3 Å². The van der Waals surface area contributed by atoms with Gasteiger partial charge in [-0.1, -0.05) is 36.4 Å². The van der Waals surface area contributed by atoms with Gasteiger partial charge in [0.15, 0.2) is 0 Å². The van der Waals surface area contributed by atoms with Gasteiger partial charge in [-0.15, -0.1) is 11.3 Å². The molecule has 0 aliphatic rings. The number of benzene rings is 1. The molecule has 2 aromatic rings. The largest absolute Gasteiger partial charge is 0.368 e. The SMILES string of the molecule is NC(=O)C(NS(=O)(=O)c1cccs1)c1ccccc1. The Morgan fingerprint density at radius 1 is 1.16 bits per heavy atom. The van der Waals surface area contributed by atoms with E-state index in [0.29, 0.717) is 5.56 Å². The summed E-state index contributed by atoms with van der Waals surface area (Å²) >= 11 is 1.08. The van der Waals surface area contributed by atoms with E-state index < -0.39 is 22.0 Å². The molecule has 0 bridgehead atoms. The number of carbonyl (C=O) groups excluding carboxylic acids is 1. The van der Waals surface area contributed by atoms with Gasteiger partial charge < -0.3 is 5.73 Å². The molecule has 1 aromatic carbocycles. The maximum atomic E-state index is 12.1. The summed E-state index contributed by atoms with van der Waals surface area (Å²) in [6.07, 6.45) is 0. The monoisotopic (exact) mass is 296 g/mol. The predicted octanol–water partition coefficient (Wildman–Crippen LogP) is 1.25. The van der Waals surface area contributed by atoms with E-state index in [1.807, 2.05) is 0 Å². The van der Waals surface area contributed by atoms with Crippen LogP contribution in [0.5, 0.6) is 0 Å². The number of hydrogen-bond acceptors (Lipinski definition) is 4. The average Bonchev–Trinajstić information content (AvgIpc) is 2.91. The highest BCUT2D eigenvalue weighted by molar-refractivity contribution is 7.91. The zero-order valence-electron chi connectivity index (χ0n) is 9.81. The van der Waals surface area contributed by atoms with E-state index in [1.165, 1.54) is 6.07 Å². The van der Waals surface area contributed by atoms with Crippen molar-refractivity contribution in [1.82, 2.24) is 4.72 Å². The van der Waals surface area contributed by atoms with Gasteiger partial charge in [-0.2, -0.15) is 4.72 Å². The maximum absolute atomic E-state index is 12.1. The molecule has 1 aromatic heterocycles. The Morgan fingerprint density at radius 2 is 1.84 bits per heavy atom.